The van der Waals surface area contributed by atoms with Crippen molar-refractivity contribution in [3.05, 3.63) is 47.2 Å². The van der Waals surface area contributed by atoms with E-state index in [0.29, 0.717) is 25.0 Å². The number of hydrogen-bond donors (Lipinski definition) is 3. The molecule has 0 saturated carbocycles. The number of hydrogen-bond acceptors (Lipinski definition) is 8. The topological polar surface area (TPSA) is 175 Å². The molecule has 1 saturated heterocycles. The first-order chi connectivity index (χ1) is 27.0. The number of aliphatic carboxylic acids is 1. The summed E-state index contributed by atoms with van der Waals surface area (Å²) in [4.78, 5) is 85.4. The Morgan fingerprint density at radius 1 is 0.948 bits per heavy atom. The highest BCUT2D eigenvalue weighted by Gasteiger charge is 2.42. The van der Waals surface area contributed by atoms with Crippen molar-refractivity contribution in [2.75, 3.05) is 27.7 Å². The summed E-state index contributed by atoms with van der Waals surface area (Å²) in [5.41, 5.74) is 0.657. The predicted molar refractivity (Wildman–Crippen MR) is 223 cm³/mol. The van der Waals surface area contributed by atoms with E-state index in [1.54, 1.807) is 58.4 Å². The van der Waals surface area contributed by atoms with E-state index in [4.69, 9.17) is 9.47 Å². The van der Waals surface area contributed by atoms with Gasteiger partial charge in [0.25, 0.3) is 5.91 Å². The lowest BCUT2D eigenvalue weighted by Crippen LogP contribution is -2.56. The van der Waals surface area contributed by atoms with Gasteiger partial charge in [0.1, 0.15) is 23.4 Å². The van der Waals surface area contributed by atoms with Gasteiger partial charge >= 0.3 is 12.1 Å². The van der Waals surface area contributed by atoms with Gasteiger partial charge in [0.2, 0.25) is 17.7 Å². The van der Waals surface area contributed by atoms with Crippen molar-refractivity contribution >= 4 is 35.7 Å². The molecule has 326 valence electrons. The Balaban J connectivity index is 2.27. The number of carbonyl (C=O) groups is 6. The fourth-order valence-electron chi connectivity index (χ4n) is 7.95. The number of benzene rings is 1. The maximum atomic E-state index is 14.4. The van der Waals surface area contributed by atoms with Gasteiger partial charge in [-0.1, -0.05) is 78.3 Å². The van der Waals surface area contributed by atoms with E-state index >= 15 is 0 Å². The van der Waals surface area contributed by atoms with Crippen molar-refractivity contribution in [3.8, 4) is 0 Å². The third kappa shape index (κ3) is 13.6. The number of likely N-dealkylation sites (tertiary alicyclic amines) is 1. The molecule has 1 aliphatic heterocycles. The zero-order chi connectivity index (χ0) is 44.2. The molecule has 1 heterocycles. The molecule has 0 radical (unpaired) electrons. The molecule has 0 aliphatic carbocycles. The molecule has 58 heavy (non-hydrogen) atoms. The van der Waals surface area contributed by atoms with Crippen LogP contribution in [0.1, 0.15) is 107 Å². The van der Waals surface area contributed by atoms with Crippen LogP contribution in [0.4, 0.5) is 4.79 Å². The summed E-state index contributed by atoms with van der Waals surface area (Å²) in [6.07, 6.45) is 0.928. The number of nitrogens with one attached hydrogen (secondary N) is 2. The van der Waals surface area contributed by atoms with Gasteiger partial charge in [0.15, 0.2) is 0 Å². The molecule has 1 aromatic rings. The second-order valence-electron chi connectivity index (χ2n) is 17.5. The quantitative estimate of drug-likeness (QED) is 0.149. The van der Waals surface area contributed by atoms with Crippen molar-refractivity contribution in [1.82, 2.24) is 25.3 Å². The van der Waals surface area contributed by atoms with Crippen LogP contribution < -0.4 is 10.6 Å². The summed E-state index contributed by atoms with van der Waals surface area (Å²) >= 11 is 0. The first-order valence-electron chi connectivity index (χ1n) is 20.6. The molecule has 0 aromatic heterocycles. The maximum absolute atomic E-state index is 14.4. The van der Waals surface area contributed by atoms with E-state index in [1.165, 1.54) is 14.2 Å². The molecule has 8 atom stereocenters. The van der Waals surface area contributed by atoms with Gasteiger partial charge in [-0.2, -0.15) is 0 Å². The lowest BCUT2D eigenvalue weighted by molar-refractivity contribution is -0.145. The monoisotopic (exact) mass is 814 g/mol. The molecule has 0 bridgehead atoms. The Morgan fingerprint density at radius 3 is 2.05 bits per heavy atom. The second kappa shape index (κ2) is 22.1. The Morgan fingerprint density at radius 2 is 1.55 bits per heavy atom. The van der Waals surface area contributed by atoms with Crippen LogP contribution in [0.15, 0.2) is 41.6 Å². The number of rotatable bonds is 19. The molecule has 3 N–H and O–H groups in total. The third-order valence-corrected chi connectivity index (χ3v) is 11.1. The minimum absolute atomic E-state index is 0.00482. The summed E-state index contributed by atoms with van der Waals surface area (Å²) in [6.45, 7) is 20.5. The van der Waals surface area contributed by atoms with E-state index in [9.17, 15) is 33.9 Å². The van der Waals surface area contributed by atoms with E-state index < -0.39 is 59.6 Å². The molecule has 5 amide bonds. The van der Waals surface area contributed by atoms with E-state index in [2.05, 4.69) is 10.6 Å². The Kier molecular flexibility index (Phi) is 18.9. The summed E-state index contributed by atoms with van der Waals surface area (Å²) in [7, 11) is 4.66. The van der Waals surface area contributed by atoms with Crippen LogP contribution in [0.2, 0.25) is 0 Å². The van der Waals surface area contributed by atoms with Gasteiger partial charge in [0, 0.05) is 46.6 Å². The molecule has 0 unspecified atom stereocenters. The van der Waals surface area contributed by atoms with Crippen LogP contribution in [0, 0.1) is 23.7 Å². The molecular weight excluding hydrogens is 743 g/mol. The summed E-state index contributed by atoms with van der Waals surface area (Å²) in [6, 6.07) is 6.24. The number of methoxy groups -OCH3 is 1. The number of amides is 5. The molecule has 0 spiro atoms. The number of nitrogens with zero attached hydrogens (tertiary/aromatic N) is 3. The van der Waals surface area contributed by atoms with Crippen LogP contribution in [0.5, 0.6) is 0 Å². The zero-order valence-corrected chi connectivity index (χ0v) is 37.4. The van der Waals surface area contributed by atoms with E-state index in [0.717, 1.165) is 16.9 Å². The predicted octanol–water partition coefficient (Wildman–Crippen LogP) is 5.64. The molecule has 1 aliphatic rings. The average molecular weight is 814 g/mol. The molecule has 14 heteroatoms. The van der Waals surface area contributed by atoms with Gasteiger partial charge < -0.3 is 35.0 Å². The van der Waals surface area contributed by atoms with Gasteiger partial charge in [-0.15, -0.1) is 0 Å². The maximum Gasteiger partial charge on any atom is 0.414 e. The number of allylic oxidation sites excluding steroid dienone is 1. The zero-order valence-electron chi connectivity index (χ0n) is 37.4. The lowest BCUT2D eigenvalue weighted by Gasteiger charge is -2.40. The standard InChI is InChI=1S/C44H71N5O9/c1-15-28(6)37(47(12)41(53)35(26(2)3)46-40(52)36(27(4)5)48(13)43(56)58-44(9,10)11)29(7)24-34(50)49-23-19-22-33(49)38(57-14)30(8)39(51)45-32(42(54)55)25-31-20-17-16-18-21-31/h16-18,20-21,26,28-30,32-33,35,37-38H,15,19,22-25H2,1-14H3,(H,45,51)(H,46,52)(H,54,55)/t28-,29+,30+,32-,33-,35-,37-,38+/m0/s1. The van der Waals surface area contributed by atoms with Crippen molar-refractivity contribution < 1.29 is 43.3 Å². The van der Waals surface area contributed by atoms with Crippen LogP contribution in [0.25, 0.3) is 0 Å². The van der Waals surface area contributed by atoms with Crippen LogP contribution in [-0.4, -0.2) is 119 Å². The number of carboxylic acid groups (broad SMARTS) is 1. The minimum Gasteiger partial charge on any atom is -0.480 e. The fourth-order valence-corrected chi connectivity index (χ4v) is 7.95. The lowest BCUT2D eigenvalue weighted by atomic mass is 9.84. The SMILES string of the molecule is CC[C@H](C)[C@@H]([C@H](C)CC(=O)N1CCC[C@H]1[C@H](OC)[C@@H](C)C(=O)N[C@@H](Cc1ccccc1)C(=O)O)N(C)C(=O)[C@@H](NC(=O)C(=C(C)C)N(C)C(=O)OC(C)(C)C)C(C)C. The van der Waals surface area contributed by atoms with E-state index in [1.807, 2.05) is 65.0 Å². The fraction of sp³-hybridized carbons (Fsp3) is 0.682. The number of carbonyl (C=O) groups excluding carboxylic acids is 5. The Bertz CT molecular complexity index is 1600. The van der Waals surface area contributed by atoms with Crippen molar-refractivity contribution in [3.63, 3.8) is 0 Å². The minimum atomic E-state index is -1.14. The molecule has 2 rings (SSSR count). The number of ether oxygens (including phenoxy) is 2. The molecule has 14 nitrogen and oxygen atoms in total. The Labute approximate surface area is 346 Å². The van der Waals surface area contributed by atoms with Crippen LogP contribution >= 0.6 is 0 Å². The highest BCUT2D eigenvalue weighted by molar-refractivity contribution is 5.99. The first kappa shape index (κ1) is 49.7. The van der Waals surface area contributed by atoms with Gasteiger partial charge in [-0.3, -0.25) is 24.1 Å². The van der Waals surface area contributed by atoms with E-state index in [-0.39, 0.29) is 54.1 Å². The highest BCUT2D eigenvalue weighted by atomic mass is 16.6. The summed E-state index contributed by atoms with van der Waals surface area (Å²) in [5.74, 6) is -3.99. The normalized spacial score (nSPS) is 17.8. The number of likely N-dealkylation sites (N-methyl/N-ethyl adjacent to an activating group) is 2. The van der Waals surface area contributed by atoms with Crippen LogP contribution in [0.3, 0.4) is 0 Å². The molecule has 1 aromatic carbocycles. The van der Waals surface area contributed by atoms with Gasteiger partial charge in [-0.05, 0) is 76.4 Å². The van der Waals surface area contributed by atoms with Crippen molar-refractivity contribution in [2.45, 2.75) is 144 Å². The molecule has 1 fully saturated rings. The largest absolute Gasteiger partial charge is 0.480 e. The second-order valence-corrected chi connectivity index (χ2v) is 17.5. The smallest absolute Gasteiger partial charge is 0.414 e. The summed E-state index contributed by atoms with van der Waals surface area (Å²) in [5, 5.41) is 15.5. The third-order valence-electron chi connectivity index (χ3n) is 11.1. The van der Waals surface area contributed by atoms with Crippen LogP contribution in [-0.2, 0) is 39.9 Å². The summed E-state index contributed by atoms with van der Waals surface area (Å²) < 4.78 is 11.4. The average Bonchev–Trinajstić information content (AvgIpc) is 3.62. The van der Waals surface area contributed by atoms with Gasteiger partial charge in [-0.25, -0.2) is 9.59 Å². The van der Waals surface area contributed by atoms with Crippen molar-refractivity contribution in [2.24, 2.45) is 23.7 Å². The Hall–Kier alpha value is -4.46. The first-order valence-corrected chi connectivity index (χ1v) is 20.6. The highest BCUT2D eigenvalue weighted by Crippen LogP contribution is 2.31. The van der Waals surface area contributed by atoms with Crippen molar-refractivity contribution in [1.29, 1.82) is 0 Å². The van der Waals surface area contributed by atoms with Gasteiger partial charge in [0.05, 0.1) is 18.1 Å². The number of carboxylic acids is 1. The molecular formula is C44H71N5O9.